The molecule has 0 spiro atoms. The summed E-state index contributed by atoms with van der Waals surface area (Å²) in [5.74, 6) is -2.52. The Kier molecular flexibility index (Phi) is 9.52. The lowest BCUT2D eigenvalue weighted by Gasteiger charge is -2.48. The lowest BCUT2D eigenvalue weighted by Crippen LogP contribution is -2.47. The van der Waals surface area contributed by atoms with Crippen molar-refractivity contribution in [3.05, 3.63) is 113 Å². The summed E-state index contributed by atoms with van der Waals surface area (Å²) in [4.78, 5) is 1.73. The zero-order valence-electron chi connectivity index (χ0n) is 26.5. The van der Waals surface area contributed by atoms with Crippen molar-refractivity contribution in [3.63, 3.8) is 0 Å². The van der Waals surface area contributed by atoms with Crippen molar-refractivity contribution < 1.29 is 26.3 Å². The zero-order valence-corrected chi connectivity index (χ0v) is 26.5. The largest absolute Gasteiger partial charge is 0.416 e. The summed E-state index contributed by atoms with van der Waals surface area (Å²) in [5, 5.41) is 6.53. The lowest BCUT2D eigenvalue weighted by molar-refractivity contribution is -0.191. The zero-order chi connectivity index (χ0) is 33.4. The van der Waals surface area contributed by atoms with Gasteiger partial charge >= 0.3 is 12.4 Å². The van der Waals surface area contributed by atoms with Gasteiger partial charge in [-0.25, -0.2) is 0 Å². The van der Waals surface area contributed by atoms with Crippen molar-refractivity contribution in [3.8, 4) is 0 Å². The van der Waals surface area contributed by atoms with E-state index in [2.05, 4.69) is 23.8 Å². The Labute approximate surface area is 267 Å². The topological polar surface area (TPSA) is 27.3 Å². The maximum absolute atomic E-state index is 14.6. The fourth-order valence-corrected chi connectivity index (χ4v) is 7.12. The van der Waals surface area contributed by atoms with Gasteiger partial charge in [0.05, 0.1) is 17.5 Å². The van der Waals surface area contributed by atoms with Crippen LogP contribution in [0.2, 0.25) is 0 Å². The van der Waals surface area contributed by atoms with Crippen molar-refractivity contribution in [2.45, 2.75) is 77.3 Å². The van der Waals surface area contributed by atoms with Gasteiger partial charge in [0.1, 0.15) is 0 Å². The summed E-state index contributed by atoms with van der Waals surface area (Å²) >= 11 is 0. The summed E-state index contributed by atoms with van der Waals surface area (Å²) in [6.07, 6.45) is -4.83. The third-order valence-electron chi connectivity index (χ3n) is 9.53. The number of hydrogen-bond acceptors (Lipinski definition) is 3. The van der Waals surface area contributed by atoms with Gasteiger partial charge in [0.25, 0.3) is 0 Å². The highest BCUT2D eigenvalue weighted by Crippen LogP contribution is 2.49. The Morgan fingerprint density at radius 2 is 1.41 bits per heavy atom. The molecule has 3 aromatic rings. The highest BCUT2D eigenvalue weighted by molar-refractivity contribution is 5.69. The van der Waals surface area contributed by atoms with Gasteiger partial charge in [0, 0.05) is 46.8 Å². The van der Waals surface area contributed by atoms with Crippen LogP contribution in [0.15, 0.2) is 79.5 Å². The van der Waals surface area contributed by atoms with Crippen LogP contribution in [0.3, 0.4) is 0 Å². The van der Waals surface area contributed by atoms with Crippen molar-refractivity contribution in [1.29, 1.82) is 0 Å². The molecule has 0 unspecified atom stereocenters. The number of nitrogens with one attached hydrogen (secondary N) is 2. The smallest absolute Gasteiger partial charge is 0.382 e. The van der Waals surface area contributed by atoms with E-state index >= 15 is 0 Å². The first-order valence-electron chi connectivity index (χ1n) is 15.7. The molecule has 3 atom stereocenters. The maximum Gasteiger partial charge on any atom is 0.416 e. The van der Waals surface area contributed by atoms with Crippen LogP contribution in [0.1, 0.15) is 71.5 Å². The van der Waals surface area contributed by atoms with Crippen LogP contribution in [0.25, 0.3) is 5.70 Å². The number of nitrogens with zero attached hydrogens (tertiary/aromatic N) is 1. The average molecular weight is 642 g/mol. The molecule has 1 aliphatic carbocycles. The number of benzene rings is 3. The summed E-state index contributed by atoms with van der Waals surface area (Å²) in [5.41, 5.74) is 4.31. The highest BCUT2D eigenvalue weighted by Gasteiger charge is 2.49. The van der Waals surface area contributed by atoms with E-state index in [-0.39, 0.29) is 29.9 Å². The van der Waals surface area contributed by atoms with Gasteiger partial charge in [-0.2, -0.15) is 26.3 Å². The molecule has 1 heterocycles. The van der Waals surface area contributed by atoms with E-state index in [1.807, 2.05) is 56.3 Å². The SMILES string of the molecule is C=C(Nc1ccc(C)c(C(F)(F)F)c1)[C@H]1C[C@@H](C(F)(F)F)CN(C(=C)c2c(C)cccc2C)[C@H]1c1ccc(NC2CCCC2)cc1. The molecule has 46 heavy (non-hydrogen) atoms. The molecule has 2 N–H and O–H groups in total. The Bertz CT molecular complexity index is 1550. The third-order valence-corrected chi connectivity index (χ3v) is 9.53. The van der Waals surface area contributed by atoms with Crippen LogP contribution in [-0.4, -0.2) is 23.7 Å². The first kappa shape index (κ1) is 33.5. The molecule has 2 fully saturated rings. The minimum Gasteiger partial charge on any atom is -0.382 e. The summed E-state index contributed by atoms with van der Waals surface area (Å²) in [7, 11) is 0. The highest BCUT2D eigenvalue weighted by atomic mass is 19.4. The van der Waals surface area contributed by atoms with Gasteiger partial charge in [-0.3, -0.25) is 0 Å². The number of anilines is 2. The van der Waals surface area contributed by atoms with Crippen LogP contribution in [0.4, 0.5) is 37.7 Å². The van der Waals surface area contributed by atoms with Crippen molar-refractivity contribution in [2.24, 2.45) is 11.8 Å². The Balaban J connectivity index is 1.57. The first-order valence-corrected chi connectivity index (χ1v) is 15.7. The number of alkyl halides is 6. The molecule has 0 radical (unpaired) electrons. The van der Waals surface area contributed by atoms with Gasteiger partial charge in [0.2, 0.25) is 0 Å². The van der Waals surface area contributed by atoms with Crippen molar-refractivity contribution >= 4 is 17.1 Å². The van der Waals surface area contributed by atoms with E-state index in [4.69, 9.17) is 0 Å². The second kappa shape index (κ2) is 13.1. The molecule has 1 saturated heterocycles. The second-order valence-corrected chi connectivity index (χ2v) is 12.8. The van der Waals surface area contributed by atoms with Crippen LogP contribution in [0, 0.1) is 32.6 Å². The van der Waals surface area contributed by atoms with Crippen LogP contribution < -0.4 is 10.6 Å². The van der Waals surface area contributed by atoms with Crippen molar-refractivity contribution in [1.82, 2.24) is 4.90 Å². The molecule has 0 amide bonds. The molecule has 1 saturated carbocycles. The number of rotatable bonds is 8. The number of hydrogen-bond donors (Lipinski definition) is 2. The molecular formula is C37H41F6N3. The predicted molar refractivity (Wildman–Crippen MR) is 173 cm³/mol. The summed E-state index contributed by atoms with van der Waals surface area (Å²) in [6, 6.07) is 17.1. The minimum atomic E-state index is -4.58. The van der Waals surface area contributed by atoms with Crippen LogP contribution >= 0.6 is 0 Å². The van der Waals surface area contributed by atoms with E-state index in [0.29, 0.717) is 11.7 Å². The van der Waals surface area contributed by atoms with Gasteiger partial charge in [-0.05, 0) is 86.6 Å². The van der Waals surface area contributed by atoms with Gasteiger partial charge < -0.3 is 15.5 Å². The Morgan fingerprint density at radius 1 is 0.804 bits per heavy atom. The quantitative estimate of drug-likeness (QED) is 0.240. The van der Waals surface area contributed by atoms with E-state index in [1.165, 1.54) is 31.9 Å². The first-order chi connectivity index (χ1) is 21.6. The molecule has 246 valence electrons. The predicted octanol–water partition coefficient (Wildman–Crippen LogP) is 10.8. The average Bonchev–Trinajstić information content (AvgIpc) is 3.50. The molecule has 2 aliphatic rings. The van der Waals surface area contributed by atoms with E-state index in [9.17, 15) is 26.3 Å². The van der Waals surface area contributed by atoms with Crippen LogP contribution in [-0.2, 0) is 6.18 Å². The lowest BCUT2D eigenvalue weighted by atomic mass is 9.77. The molecule has 0 aromatic heterocycles. The molecular weight excluding hydrogens is 600 g/mol. The van der Waals surface area contributed by atoms with Crippen LogP contribution in [0.5, 0.6) is 0 Å². The standard InChI is InChI=1S/C37H41F6N3/c1-22-13-16-31(20-33(22)37(41,42)43)44-25(4)32-19-28(36(38,39)40)21-46(26(5)34-23(2)9-8-10-24(34)3)35(32)27-14-17-30(18-15-27)45-29-11-6-7-12-29/h8-10,13-18,20,28-29,32,35,44-45H,4-7,11-12,19,21H2,1-3H3/t28-,32-,35+/m1/s1. The van der Waals surface area contributed by atoms with Gasteiger partial charge in [-0.15, -0.1) is 0 Å². The fraction of sp³-hybridized carbons (Fsp3) is 0.405. The van der Waals surface area contributed by atoms with Gasteiger partial charge in [0.15, 0.2) is 0 Å². The molecule has 5 rings (SSSR count). The molecule has 9 heteroatoms. The number of aryl methyl sites for hydroxylation is 3. The number of likely N-dealkylation sites (tertiary alicyclic amines) is 1. The van der Waals surface area contributed by atoms with E-state index < -0.39 is 35.8 Å². The molecule has 1 aliphatic heterocycles. The monoisotopic (exact) mass is 641 g/mol. The molecule has 0 bridgehead atoms. The normalized spacial score (nSPS) is 20.9. The van der Waals surface area contributed by atoms with E-state index in [1.54, 1.807) is 4.90 Å². The fourth-order valence-electron chi connectivity index (χ4n) is 7.12. The number of halogens is 6. The summed E-state index contributed by atoms with van der Waals surface area (Å²) < 4.78 is 84.9. The second-order valence-electron chi connectivity index (χ2n) is 12.8. The molecule has 3 aromatic carbocycles. The Hall–Kier alpha value is -3.88. The molecule has 3 nitrogen and oxygen atoms in total. The van der Waals surface area contributed by atoms with E-state index in [0.717, 1.165) is 46.8 Å². The summed E-state index contributed by atoms with van der Waals surface area (Å²) in [6.45, 7) is 13.4. The van der Waals surface area contributed by atoms with Crippen molar-refractivity contribution in [2.75, 3.05) is 17.2 Å². The minimum absolute atomic E-state index is 0.0544. The third kappa shape index (κ3) is 7.24. The maximum atomic E-state index is 14.6. The number of piperidine rings is 1. The van der Waals surface area contributed by atoms with Gasteiger partial charge in [-0.1, -0.05) is 62.4 Å². The Morgan fingerprint density at radius 3 is 2.00 bits per heavy atom.